The molecule has 0 saturated carbocycles. The molecule has 3 fully saturated rings. The van der Waals surface area contributed by atoms with Gasteiger partial charge in [-0.15, -0.1) is 0 Å². The number of aliphatic hydroxyl groups excluding tert-OH is 1. The van der Waals surface area contributed by atoms with Crippen LogP contribution in [0.15, 0.2) is 60.7 Å². The first-order valence-corrected chi connectivity index (χ1v) is 10.1. The molecular formula is C23H28NO4+. The van der Waals surface area contributed by atoms with Gasteiger partial charge in [0.25, 0.3) is 0 Å². The molecule has 28 heavy (non-hydrogen) atoms. The SMILES string of the molecule is O=C(OC12CC[N+](CCOc3ccccc3)(CC1)CC2)C(O)c1ccccc1. The van der Waals surface area contributed by atoms with Crippen LogP contribution in [0.3, 0.4) is 0 Å². The number of aliphatic hydroxyl groups is 1. The molecule has 2 aromatic carbocycles. The van der Waals surface area contributed by atoms with Gasteiger partial charge in [-0.2, -0.15) is 0 Å². The minimum atomic E-state index is -1.21. The molecule has 0 aliphatic carbocycles. The third kappa shape index (κ3) is 4.05. The van der Waals surface area contributed by atoms with Gasteiger partial charge in [-0.3, -0.25) is 0 Å². The quantitative estimate of drug-likeness (QED) is 0.591. The van der Waals surface area contributed by atoms with Crippen LogP contribution < -0.4 is 4.74 Å². The van der Waals surface area contributed by atoms with Crippen molar-refractivity contribution in [3.05, 3.63) is 66.2 Å². The predicted molar refractivity (Wildman–Crippen MR) is 106 cm³/mol. The van der Waals surface area contributed by atoms with E-state index in [0.29, 0.717) is 12.2 Å². The maximum absolute atomic E-state index is 12.5. The summed E-state index contributed by atoms with van der Waals surface area (Å²) >= 11 is 0. The first kappa shape index (κ1) is 19.0. The average Bonchev–Trinajstić information content (AvgIpc) is 2.76. The summed E-state index contributed by atoms with van der Waals surface area (Å²) in [5, 5.41) is 10.3. The number of carbonyl (C=O) groups excluding carboxylic acids is 1. The van der Waals surface area contributed by atoms with Crippen LogP contribution in [0.4, 0.5) is 0 Å². The minimum absolute atomic E-state index is 0.410. The van der Waals surface area contributed by atoms with Crippen LogP contribution in [0.2, 0.25) is 0 Å². The van der Waals surface area contributed by atoms with E-state index in [-0.39, 0.29) is 0 Å². The van der Waals surface area contributed by atoms with Crippen molar-refractivity contribution < 1.29 is 23.9 Å². The predicted octanol–water partition coefficient (Wildman–Crippen LogP) is 3.10. The highest BCUT2D eigenvalue weighted by Gasteiger charge is 2.51. The maximum atomic E-state index is 12.5. The summed E-state index contributed by atoms with van der Waals surface area (Å²) in [6.45, 7) is 4.65. The van der Waals surface area contributed by atoms with Crippen LogP contribution in [0.1, 0.15) is 30.9 Å². The van der Waals surface area contributed by atoms with Gasteiger partial charge in [-0.05, 0) is 17.7 Å². The van der Waals surface area contributed by atoms with Gasteiger partial charge in [-0.1, -0.05) is 48.5 Å². The van der Waals surface area contributed by atoms with E-state index >= 15 is 0 Å². The first-order valence-electron chi connectivity index (χ1n) is 10.1. The van der Waals surface area contributed by atoms with Crippen molar-refractivity contribution >= 4 is 5.97 Å². The molecule has 2 bridgehead atoms. The number of carbonyl (C=O) groups is 1. The van der Waals surface area contributed by atoms with Crippen LogP contribution in [-0.2, 0) is 9.53 Å². The highest BCUT2D eigenvalue weighted by Crippen LogP contribution is 2.40. The Kier molecular flexibility index (Phi) is 5.38. The van der Waals surface area contributed by atoms with Crippen LogP contribution in [0.25, 0.3) is 0 Å². The Balaban J connectivity index is 1.29. The molecule has 5 heteroatoms. The van der Waals surface area contributed by atoms with Gasteiger partial charge in [-0.25, -0.2) is 4.79 Å². The largest absolute Gasteiger partial charge is 0.488 e. The second-order valence-corrected chi connectivity index (χ2v) is 8.06. The number of hydrogen-bond donors (Lipinski definition) is 1. The van der Waals surface area contributed by atoms with Crippen molar-refractivity contribution in [3.63, 3.8) is 0 Å². The van der Waals surface area contributed by atoms with E-state index in [9.17, 15) is 9.90 Å². The number of quaternary nitrogens is 1. The number of para-hydroxylation sites is 1. The van der Waals surface area contributed by atoms with Crippen molar-refractivity contribution in [3.8, 4) is 5.75 Å². The average molecular weight is 382 g/mol. The number of rotatable bonds is 7. The number of esters is 1. The third-order valence-electron chi connectivity index (χ3n) is 6.36. The molecule has 0 spiro atoms. The molecule has 3 aliphatic rings. The van der Waals surface area contributed by atoms with Gasteiger partial charge in [0.2, 0.25) is 0 Å². The summed E-state index contributed by atoms with van der Waals surface area (Å²) < 4.78 is 12.8. The lowest BCUT2D eigenvalue weighted by Gasteiger charge is -2.53. The zero-order valence-corrected chi connectivity index (χ0v) is 16.1. The lowest BCUT2D eigenvalue weighted by atomic mass is 9.81. The summed E-state index contributed by atoms with van der Waals surface area (Å²) in [4.78, 5) is 12.5. The molecule has 0 aromatic heterocycles. The summed E-state index contributed by atoms with van der Waals surface area (Å²) in [5.74, 6) is 0.383. The monoisotopic (exact) mass is 382 g/mol. The molecule has 1 N–H and O–H groups in total. The van der Waals surface area contributed by atoms with E-state index in [1.165, 1.54) is 0 Å². The maximum Gasteiger partial charge on any atom is 0.340 e. The Morgan fingerprint density at radius 1 is 0.964 bits per heavy atom. The molecule has 0 radical (unpaired) electrons. The smallest absolute Gasteiger partial charge is 0.340 e. The molecule has 148 valence electrons. The number of hydrogen-bond acceptors (Lipinski definition) is 4. The molecule has 3 saturated heterocycles. The normalized spacial score (nSPS) is 27.2. The van der Waals surface area contributed by atoms with Gasteiger partial charge in [0.15, 0.2) is 6.10 Å². The molecule has 2 aromatic rings. The summed E-state index contributed by atoms with van der Waals surface area (Å²) in [7, 11) is 0. The van der Waals surface area contributed by atoms with E-state index in [0.717, 1.165) is 55.7 Å². The number of ether oxygens (including phenoxy) is 2. The molecule has 3 aliphatic heterocycles. The third-order valence-corrected chi connectivity index (χ3v) is 6.36. The summed E-state index contributed by atoms with van der Waals surface area (Å²) in [6.07, 6.45) is 1.35. The summed E-state index contributed by atoms with van der Waals surface area (Å²) in [6, 6.07) is 18.9. The fourth-order valence-corrected chi connectivity index (χ4v) is 4.44. The zero-order chi connectivity index (χ0) is 19.5. The first-order chi connectivity index (χ1) is 13.6. The Hall–Kier alpha value is -2.37. The molecule has 0 amide bonds. The van der Waals surface area contributed by atoms with Crippen LogP contribution >= 0.6 is 0 Å². The van der Waals surface area contributed by atoms with E-state index in [4.69, 9.17) is 9.47 Å². The highest BCUT2D eigenvalue weighted by molar-refractivity contribution is 5.76. The number of piperidine rings is 3. The van der Waals surface area contributed by atoms with Crippen molar-refractivity contribution in [2.45, 2.75) is 31.0 Å². The van der Waals surface area contributed by atoms with Gasteiger partial charge < -0.3 is 19.1 Å². The number of nitrogens with zero attached hydrogens (tertiary/aromatic N) is 1. The minimum Gasteiger partial charge on any atom is -0.488 e. The van der Waals surface area contributed by atoms with E-state index < -0.39 is 17.7 Å². The Morgan fingerprint density at radius 3 is 2.14 bits per heavy atom. The zero-order valence-electron chi connectivity index (χ0n) is 16.1. The fourth-order valence-electron chi connectivity index (χ4n) is 4.44. The number of benzene rings is 2. The second-order valence-electron chi connectivity index (χ2n) is 8.06. The lowest BCUT2D eigenvalue weighted by Crippen LogP contribution is -2.66. The number of fused-ring (bicyclic) bond motifs is 3. The highest BCUT2D eigenvalue weighted by atomic mass is 16.6. The van der Waals surface area contributed by atoms with Crippen molar-refractivity contribution in [2.24, 2.45) is 0 Å². The Bertz CT molecular complexity index is 768. The van der Waals surface area contributed by atoms with Gasteiger partial charge in [0, 0.05) is 19.3 Å². The fraction of sp³-hybridized carbons (Fsp3) is 0.435. The van der Waals surface area contributed by atoms with Crippen molar-refractivity contribution in [2.75, 3.05) is 32.8 Å². The second kappa shape index (κ2) is 7.94. The van der Waals surface area contributed by atoms with Crippen LogP contribution in [-0.4, -0.2) is 53.9 Å². The molecule has 1 atom stereocenters. The van der Waals surface area contributed by atoms with Gasteiger partial charge in [0.1, 0.15) is 24.5 Å². The molecule has 3 heterocycles. The van der Waals surface area contributed by atoms with E-state index in [1.807, 2.05) is 48.5 Å². The van der Waals surface area contributed by atoms with Crippen LogP contribution in [0.5, 0.6) is 5.75 Å². The Morgan fingerprint density at radius 2 is 1.54 bits per heavy atom. The van der Waals surface area contributed by atoms with Crippen molar-refractivity contribution in [1.82, 2.24) is 0 Å². The summed E-state index contributed by atoms with van der Waals surface area (Å²) in [5.41, 5.74) is 0.173. The Labute approximate surface area is 166 Å². The van der Waals surface area contributed by atoms with Crippen molar-refractivity contribution in [1.29, 1.82) is 0 Å². The molecular weight excluding hydrogens is 354 g/mol. The van der Waals surface area contributed by atoms with Gasteiger partial charge in [0.05, 0.1) is 19.6 Å². The van der Waals surface area contributed by atoms with E-state index in [1.54, 1.807) is 12.1 Å². The lowest BCUT2D eigenvalue weighted by molar-refractivity contribution is -0.944. The van der Waals surface area contributed by atoms with Crippen LogP contribution in [0, 0.1) is 0 Å². The molecule has 1 unspecified atom stereocenters. The standard InChI is InChI=1S/C23H28NO4/c25-21(19-7-3-1-4-8-19)22(26)28-23-11-14-24(15-12-23,16-13-23)17-18-27-20-9-5-2-6-10-20/h1-10,21,25H,11-18H2/q+1. The molecule has 5 nitrogen and oxygen atoms in total. The molecule has 5 rings (SSSR count). The topological polar surface area (TPSA) is 55.8 Å². The van der Waals surface area contributed by atoms with E-state index in [2.05, 4.69) is 0 Å². The van der Waals surface area contributed by atoms with Gasteiger partial charge >= 0.3 is 5.97 Å².